The van der Waals surface area contributed by atoms with Gasteiger partial charge in [0.05, 0.1) is 5.25 Å². The summed E-state index contributed by atoms with van der Waals surface area (Å²) in [5.41, 5.74) is 0.514. The highest BCUT2D eigenvalue weighted by molar-refractivity contribution is 8.00. The van der Waals surface area contributed by atoms with Gasteiger partial charge in [-0.1, -0.05) is 11.6 Å². The van der Waals surface area contributed by atoms with E-state index in [2.05, 4.69) is 10.1 Å². The summed E-state index contributed by atoms with van der Waals surface area (Å²) < 4.78 is 28.4. The normalized spacial score (nSPS) is 12.0. The minimum absolute atomic E-state index is 0.0431. The zero-order chi connectivity index (χ0) is 16.8. The third kappa shape index (κ3) is 5.73. The number of alkyl halides is 2. The van der Waals surface area contributed by atoms with Crippen molar-refractivity contribution in [2.24, 2.45) is 0 Å². The molecule has 1 N–H and O–H groups in total. The molecule has 0 aromatic heterocycles. The zero-order valence-electron chi connectivity index (χ0n) is 12.1. The molecule has 0 spiro atoms. The number of nitrogens with one attached hydrogen (secondary N) is 1. The minimum atomic E-state index is -2.87. The lowest BCUT2D eigenvalue weighted by Gasteiger charge is -2.12. The lowest BCUT2D eigenvalue weighted by molar-refractivity contribution is -0.115. The van der Waals surface area contributed by atoms with Crippen LogP contribution in [-0.4, -0.2) is 17.8 Å². The van der Waals surface area contributed by atoms with Gasteiger partial charge in [-0.25, -0.2) is 0 Å². The predicted molar refractivity (Wildman–Crippen MR) is 88.5 cm³/mol. The van der Waals surface area contributed by atoms with Gasteiger partial charge in [-0.05, 0) is 55.5 Å². The molecule has 0 aliphatic rings. The molecule has 0 bridgehead atoms. The van der Waals surface area contributed by atoms with Gasteiger partial charge < -0.3 is 10.1 Å². The molecule has 23 heavy (non-hydrogen) atoms. The molecule has 0 radical (unpaired) electrons. The number of hydrogen-bond acceptors (Lipinski definition) is 3. The summed E-state index contributed by atoms with van der Waals surface area (Å²) >= 11 is 7.21. The fourth-order valence-corrected chi connectivity index (χ4v) is 2.73. The second-order valence-electron chi connectivity index (χ2n) is 4.61. The molecule has 7 heteroatoms. The van der Waals surface area contributed by atoms with E-state index in [9.17, 15) is 13.6 Å². The molecule has 0 saturated carbocycles. The average molecular weight is 358 g/mol. The number of anilines is 1. The zero-order valence-corrected chi connectivity index (χ0v) is 13.7. The number of amides is 1. The largest absolute Gasteiger partial charge is 0.435 e. The first-order chi connectivity index (χ1) is 10.9. The van der Waals surface area contributed by atoms with Crippen LogP contribution in [0.2, 0.25) is 5.02 Å². The van der Waals surface area contributed by atoms with Crippen molar-refractivity contribution in [2.75, 3.05) is 5.32 Å². The molecule has 1 amide bonds. The molecule has 0 aliphatic heterocycles. The SMILES string of the molecule is CC(Sc1ccc(Cl)cc1)C(=O)Nc1ccc(OC(F)F)cc1. The topological polar surface area (TPSA) is 38.3 Å². The third-order valence-electron chi connectivity index (χ3n) is 2.84. The van der Waals surface area contributed by atoms with E-state index in [0.29, 0.717) is 10.7 Å². The number of halogens is 3. The summed E-state index contributed by atoms with van der Waals surface area (Å²) in [4.78, 5) is 13.1. The van der Waals surface area contributed by atoms with Gasteiger partial charge in [0, 0.05) is 15.6 Å². The Morgan fingerprint density at radius 1 is 1.13 bits per heavy atom. The van der Waals surface area contributed by atoms with E-state index in [0.717, 1.165) is 4.90 Å². The van der Waals surface area contributed by atoms with Gasteiger partial charge in [-0.2, -0.15) is 8.78 Å². The van der Waals surface area contributed by atoms with Crippen molar-refractivity contribution < 1.29 is 18.3 Å². The highest BCUT2D eigenvalue weighted by Crippen LogP contribution is 2.26. The van der Waals surface area contributed by atoms with Crippen LogP contribution < -0.4 is 10.1 Å². The Labute approximate surface area is 142 Å². The van der Waals surface area contributed by atoms with Gasteiger partial charge >= 0.3 is 6.61 Å². The molecule has 0 fully saturated rings. The highest BCUT2D eigenvalue weighted by Gasteiger charge is 2.14. The van der Waals surface area contributed by atoms with Crippen molar-refractivity contribution in [2.45, 2.75) is 23.7 Å². The Balaban J connectivity index is 1.91. The maximum Gasteiger partial charge on any atom is 0.387 e. The summed E-state index contributed by atoms with van der Waals surface area (Å²) in [5.74, 6) is -0.144. The summed E-state index contributed by atoms with van der Waals surface area (Å²) in [6.45, 7) is -1.09. The Kier molecular flexibility index (Phi) is 6.24. The Bertz CT molecular complexity index is 650. The van der Waals surface area contributed by atoms with Crippen LogP contribution in [0.15, 0.2) is 53.4 Å². The van der Waals surface area contributed by atoms with Gasteiger partial charge in [0.1, 0.15) is 5.75 Å². The van der Waals surface area contributed by atoms with E-state index in [-0.39, 0.29) is 16.9 Å². The van der Waals surface area contributed by atoms with Crippen LogP contribution in [-0.2, 0) is 4.79 Å². The van der Waals surface area contributed by atoms with Crippen molar-refractivity contribution in [3.8, 4) is 5.75 Å². The second-order valence-corrected chi connectivity index (χ2v) is 6.46. The number of ether oxygens (including phenoxy) is 1. The lowest BCUT2D eigenvalue weighted by atomic mass is 10.3. The first-order valence-electron chi connectivity index (χ1n) is 6.72. The van der Waals surface area contributed by atoms with Crippen LogP contribution in [0.3, 0.4) is 0 Å². The van der Waals surface area contributed by atoms with E-state index in [4.69, 9.17) is 11.6 Å². The number of benzene rings is 2. The predicted octanol–water partition coefficient (Wildman–Crippen LogP) is 5.06. The molecular formula is C16H14ClF2NO2S. The second kappa shape index (κ2) is 8.17. The van der Waals surface area contributed by atoms with Crippen LogP contribution in [0.25, 0.3) is 0 Å². The van der Waals surface area contributed by atoms with Gasteiger partial charge in [0.25, 0.3) is 0 Å². The molecule has 1 unspecified atom stereocenters. The third-order valence-corrected chi connectivity index (χ3v) is 4.21. The number of carbonyl (C=O) groups excluding carboxylic acids is 1. The van der Waals surface area contributed by atoms with Crippen LogP contribution in [0.4, 0.5) is 14.5 Å². The standard InChI is InChI=1S/C16H14ClF2NO2S/c1-10(23-14-8-2-11(17)3-9-14)15(21)20-12-4-6-13(7-5-12)22-16(18)19/h2-10,16H,1H3,(H,20,21). The molecule has 0 saturated heterocycles. The number of thioether (sulfide) groups is 1. The quantitative estimate of drug-likeness (QED) is 0.734. The Hall–Kier alpha value is -1.79. The van der Waals surface area contributed by atoms with E-state index in [1.54, 1.807) is 19.1 Å². The monoisotopic (exact) mass is 357 g/mol. The van der Waals surface area contributed by atoms with E-state index < -0.39 is 6.61 Å². The Morgan fingerprint density at radius 2 is 1.74 bits per heavy atom. The molecule has 2 rings (SSSR count). The van der Waals surface area contributed by atoms with Crippen LogP contribution >= 0.6 is 23.4 Å². The van der Waals surface area contributed by atoms with Gasteiger partial charge in [-0.3, -0.25) is 4.79 Å². The highest BCUT2D eigenvalue weighted by atomic mass is 35.5. The van der Waals surface area contributed by atoms with E-state index >= 15 is 0 Å². The van der Waals surface area contributed by atoms with E-state index in [1.807, 2.05) is 12.1 Å². The summed E-state index contributed by atoms with van der Waals surface area (Å²) in [6.07, 6.45) is 0. The van der Waals surface area contributed by atoms with Crippen molar-refractivity contribution in [3.05, 3.63) is 53.6 Å². The van der Waals surface area contributed by atoms with Crippen molar-refractivity contribution in [3.63, 3.8) is 0 Å². The van der Waals surface area contributed by atoms with E-state index in [1.165, 1.54) is 36.0 Å². The van der Waals surface area contributed by atoms with Crippen molar-refractivity contribution in [1.82, 2.24) is 0 Å². The average Bonchev–Trinajstić information content (AvgIpc) is 2.51. The molecular weight excluding hydrogens is 344 g/mol. The van der Waals surface area contributed by atoms with Crippen molar-refractivity contribution >= 4 is 35.0 Å². The molecule has 3 nitrogen and oxygen atoms in total. The molecule has 2 aromatic rings. The summed E-state index contributed by atoms with van der Waals surface area (Å²) in [7, 11) is 0. The fraction of sp³-hybridized carbons (Fsp3) is 0.188. The first-order valence-corrected chi connectivity index (χ1v) is 7.98. The maximum atomic E-state index is 12.1. The Morgan fingerprint density at radius 3 is 2.30 bits per heavy atom. The molecule has 2 aromatic carbocycles. The maximum absolute atomic E-state index is 12.1. The van der Waals surface area contributed by atoms with Crippen LogP contribution in [0.5, 0.6) is 5.75 Å². The van der Waals surface area contributed by atoms with Crippen LogP contribution in [0.1, 0.15) is 6.92 Å². The number of carbonyl (C=O) groups is 1. The van der Waals surface area contributed by atoms with Gasteiger partial charge in [0.15, 0.2) is 0 Å². The van der Waals surface area contributed by atoms with Gasteiger partial charge in [-0.15, -0.1) is 11.8 Å². The fourth-order valence-electron chi connectivity index (χ4n) is 1.73. The van der Waals surface area contributed by atoms with Gasteiger partial charge in [0.2, 0.25) is 5.91 Å². The first kappa shape index (κ1) is 17.6. The lowest BCUT2D eigenvalue weighted by Crippen LogP contribution is -2.22. The molecule has 122 valence electrons. The van der Waals surface area contributed by atoms with Crippen LogP contribution in [0, 0.1) is 0 Å². The number of rotatable bonds is 6. The summed E-state index contributed by atoms with van der Waals surface area (Å²) in [6, 6.07) is 13.0. The molecule has 1 atom stereocenters. The molecule has 0 heterocycles. The minimum Gasteiger partial charge on any atom is -0.435 e. The molecule has 0 aliphatic carbocycles. The summed E-state index contributed by atoms with van der Waals surface area (Å²) in [5, 5.41) is 3.04. The smallest absolute Gasteiger partial charge is 0.387 e. The van der Waals surface area contributed by atoms with Crippen molar-refractivity contribution in [1.29, 1.82) is 0 Å². The number of hydrogen-bond donors (Lipinski definition) is 1.